The number of hydrogen-bond donors (Lipinski definition) is 0. The fraction of sp³-hybridized carbons (Fsp3) is 0.533. The Morgan fingerprint density at radius 2 is 2.17 bits per heavy atom. The smallest absolute Gasteiger partial charge is 0.159 e. The van der Waals surface area contributed by atoms with Crippen LogP contribution in [0.5, 0.6) is 5.75 Å². The van der Waals surface area contributed by atoms with Crippen LogP contribution in [0.1, 0.15) is 42.1 Å². The molecule has 0 N–H and O–H groups in total. The van der Waals surface area contributed by atoms with Gasteiger partial charge in [-0.3, -0.25) is 9.69 Å². The third-order valence-electron chi connectivity index (χ3n) is 3.80. The van der Waals surface area contributed by atoms with Crippen LogP contribution in [0.3, 0.4) is 0 Å². The van der Waals surface area contributed by atoms with Crippen LogP contribution in [0.4, 0.5) is 0 Å². The van der Waals surface area contributed by atoms with Crippen molar-refractivity contribution in [2.24, 2.45) is 0 Å². The molecule has 0 spiro atoms. The molecule has 2 rings (SSSR count). The fourth-order valence-corrected chi connectivity index (χ4v) is 2.35. The molecule has 1 aromatic rings. The van der Waals surface area contributed by atoms with Crippen molar-refractivity contribution in [1.29, 1.82) is 0 Å². The zero-order valence-electron chi connectivity index (χ0n) is 11.4. The van der Waals surface area contributed by atoms with Crippen molar-refractivity contribution in [2.45, 2.75) is 38.8 Å². The molecule has 0 saturated heterocycles. The van der Waals surface area contributed by atoms with Crippen LogP contribution >= 0.6 is 0 Å². The van der Waals surface area contributed by atoms with Gasteiger partial charge < -0.3 is 4.74 Å². The zero-order chi connectivity index (χ0) is 13.1. The SMILES string of the molecule is COc1ccc(C(C)=O)cc1CN(C)C1CCC1. The van der Waals surface area contributed by atoms with Gasteiger partial charge in [0.15, 0.2) is 5.78 Å². The molecule has 1 saturated carbocycles. The summed E-state index contributed by atoms with van der Waals surface area (Å²) in [5.41, 5.74) is 1.85. The largest absolute Gasteiger partial charge is 0.496 e. The minimum atomic E-state index is 0.102. The standard InChI is InChI=1S/C15H21NO2/c1-11(17)12-7-8-15(18-3)13(9-12)10-16(2)14-5-4-6-14/h7-9,14H,4-6,10H2,1-3H3. The fourth-order valence-electron chi connectivity index (χ4n) is 2.35. The molecule has 0 unspecified atom stereocenters. The third kappa shape index (κ3) is 2.72. The van der Waals surface area contributed by atoms with Gasteiger partial charge in [-0.1, -0.05) is 6.42 Å². The summed E-state index contributed by atoms with van der Waals surface area (Å²) in [5, 5.41) is 0. The van der Waals surface area contributed by atoms with E-state index in [4.69, 9.17) is 4.74 Å². The van der Waals surface area contributed by atoms with Gasteiger partial charge in [0, 0.05) is 23.7 Å². The highest BCUT2D eigenvalue weighted by molar-refractivity contribution is 5.94. The summed E-state index contributed by atoms with van der Waals surface area (Å²) in [5.74, 6) is 0.969. The first-order valence-electron chi connectivity index (χ1n) is 6.50. The van der Waals surface area contributed by atoms with E-state index in [2.05, 4.69) is 11.9 Å². The average Bonchev–Trinajstić information content (AvgIpc) is 2.26. The summed E-state index contributed by atoms with van der Waals surface area (Å²) in [6.07, 6.45) is 3.90. The van der Waals surface area contributed by atoms with Crippen molar-refractivity contribution in [2.75, 3.05) is 14.2 Å². The molecule has 0 atom stereocenters. The average molecular weight is 247 g/mol. The molecule has 0 radical (unpaired) electrons. The molecule has 0 aromatic heterocycles. The monoisotopic (exact) mass is 247 g/mol. The molecule has 1 aromatic carbocycles. The van der Waals surface area contributed by atoms with E-state index in [9.17, 15) is 4.79 Å². The number of methoxy groups -OCH3 is 1. The Labute approximate surface area is 109 Å². The van der Waals surface area contributed by atoms with Crippen molar-refractivity contribution in [1.82, 2.24) is 4.90 Å². The first-order valence-corrected chi connectivity index (χ1v) is 6.50. The lowest BCUT2D eigenvalue weighted by molar-refractivity contribution is 0.101. The number of ketones is 1. The number of Topliss-reactive ketones (excluding diaryl/α,β-unsaturated/α-hetero) is 1. The van der Waals surface area contributed by atoms with Gasteiger partial charge in [-0.05, 0) is 45.0 Å². The summed E-state index contributed by atoms with van der Waals surface area (Å²) in [4.78, 5) is 13.8. The van der Waals surface area contributed by atoms with Crippen molar-refractivity contribution in [3.8, 4) is 5.75 Å². The number of carbonyl (C=O) groups excluding carboxylic acids is 1. The van der Waals surface area contributed by atoms with Gasteiger partial charge in [-0.15, -0.1) is 0 Å². The molecule has 3 nitrogen and oxygen atoms in total. The van der Waals surface area contributed by atoms with Gasteiger partial charge >= 0.3 is 0 Å². The zero-order valence-corrected chi connectivity index (χ0v) is 11.4. The van der Waals surface area contributed by atoms with Crippen molar-refractivity contribution >= 4 is 5.78 Å². The van der Waals surface area contributed by atoms with Crippen molar-refractivity contribution in [3.63, 3.8) is 0 Å². The highest BCUT2D eigenvalue weighted by Crippen LogP contribution is 2.27. The summed E-state index contributed by atoms with van der Waals surface area (Å²) in [6.45, 7) is 2.44. The normalized spacial score (nSPS) is 15.6. The third-order valence-corrected chi connectivity index (χ3v) is 3.80. The second kappa shape index (κ2) is 5.53. The Bertz CT molecular complexity index is 438. The molecule has 0 bridgehead atoms. The van der Waals surface area contributed by atoms with E-state index in [1.807, 2.05) is 18.2 Å². The lowest BCUT2D eigenvalue weighted by Gasteiger charge is -2.35. The first kappa shape index (κ1) is 13.1. The van der Waals surface area contributed by atoms with Crippen LogP contribution in [-0.4, -0.2) is 30.9 Å². The molecule has 0 heterocycles. The van der Waals surface area contributed by atoms with Crippen LogP contribution in [0.2, 0.25) is 0 Å². The lowest BCUT2D eigenvalue weighted by Crippen LogP contribution is -2.36. The molecule has 18 heavy (non-hydrogen) atoms. The predicted octanol–water partition coefficient (Wildman–Crippen LogP) is 2.88. The lowest BCUT2D eigenvalue weighted by atomic mass is 9.91. The minimum Gasteiger partial charge on any atom is -0.496 e. The molecule has 1 aliphatic carbocycles. The Hall–Kier alpha value is -1.35. The minimum absolute atomic E-state index is 0.102. The summed E-state index contributed by atoms with van der Waals surface area (Å²) in [6, 6.07) is 6.36. The van der Waals surface area contributed by atoms with Gasteiger partial charge in [0.05, 0.1) is 7.11 Å². The predicted molar refractivity (Wildman–Crippen MR) is 72.1 cm³/mol. The van der Waals surface area contributed by atoms with E-state index in [0.29, 0.717) is 6.04 Å². The second-order valence-electron chi connectivity index (χ2n) is 5.08. The van der Waals surface area contributed by atoms with Crippen molar-refractivity contribution in [3.05, 3.63) is 29.3 Å². The topological polar surface area (TPSA) is 29.5 Å². The van der Waals surface area contributed by atoms with Gasteiger partial charge in [-0.2, -0.15) is 0 Å². The van der Waals surface area contributed by atoms with Crippen LogP contribution in [0.15, 0.2) is 18.2 Å². The molecular formula is C15H21NO2. The maximum absolute atomic E-state index is 11.4. The Morgan fingerprint density at radius 1 is 1.44 bits per heavy atom. The molecular weight excluding hydrogens is 226 g/mol. The summed E-state index contributed by atoms with van der Waals surface area (Å²) < 4.78 is 5.37. The number of hydrogen-bond acceptors (Lipinski definition) is 3. The highest BCUT2D eigenvalue weighted by atomic mass is 16.5. The molecule has 98 valence electrons. The van der Waals surface area contributed by atoms with Gasteiger partial charge in [0.25, 0.3) is 0 Å². The van der Waals surface area contributed by atoms with Crippen LogP contribution < -0.4 is 4.74 Å². The van der Waals surface area contributed by atoms with Crippen LogP contribution in [0, 0.1) is 0 Å². The van der Waals surface area contributed by atoms with E-state index in [-0.39, 0.29) is 5.78 Å². The maximum atomic E-state index is 11.4. The summed E-state index contributed by atoms with van der Waals surface area (Å²) in [7, 11) is 3.82. The number of benzene rings is 1. The van der Waals surface area contributed by atoms with E-state index in [0.717, 1.165) is 23.4 Å². The Morgan fingerprint density at radius 3 is 2.67 bits per heavy atom. The van der Waals surface area contributed by atoms with Gasteiger partial charge in [0.1, 0.15) is 5.75 Å². The molecule has 0 aliphatic heterocycles. The quantitative estimate of drug-likeness (QED) is 0.749. The van der Waals surface area contributed by atoms with Crippen LogP contribution in [0.25, 0.3) is 0 Å². The highest BCUT2D eigenvalue weighted by Gasteiger charge is 2.22. The first-order chi connectivity index (χ1) is 8.61. The number of ether oxygens (including phenoxy) is 1. The number of nitrogens with zero attached hydrogens (tertiary/aromatic N) is 1. The second-order valence-corrected chi connectivity index (χ2v) is 5.08. The van der Waals surface area contributed by atoms with E-state index in [1.165, 1.54) is 19.3 Å². The number of rotatable bonds is 5. The Kier molecular flexibility index (Phi) is 4.02. The Balaban J connectivity index is 2.17. The summed E-state index contributed by atoms with van der Waals surface area (Å²) >= 11 is 0. The van der Waals surface area contributed by atoms with Gasteiger partial charge in [0.2, 0.25) is 0 Å². The van der Waals surface area contributed by atoms with Crippen molar-refractivity contribution < 1.29 is 9.53 Å². The van der Waals surface area contributed by atoms with Gasteiger partial charge in [-0.25, -0.2) is 0 Å². The van der Waals surface area contributed by atoms with E-state index >= 15 is 0 Å². The van der Waals surface area contributed by atoms with Crippen LogP contribution in [-0.2, 0) is 6.54 Å². The molecule has 1 aliphatic rings. The number of carbonyl (C=O) groups is 1. The molecule has 1 fully saturated rings. The van der Waals surface area contributed by atoms with E-state index in [1.54, 1.807) is 14.0 Å². The molecule has 3 heteroatoms. The van der Waals surface area contributed by atoms with E-state index < -0.39 is 0 Å². The molecule has 0 amide bonds. The maximum Gasteiger partial charge on any atom is 0.159 e.